The number of amides is 1. The fourth-order valence-corrected chi connectivity index (χ4v) is 1.48. The first-order valence-electron chi connectivity index (χ1n) is 5.17. The SMILES string of the molecule is [CH2]C(NC(=O)C(Cl)Cl)[C@@H](O)c1ccc([N+](=O)[O-])cc1. The van der Waals surface area contributed by atoms with Crippen molar-refractivity contribution >= 4 is 34.8 Å². The first-order chi connectivity index (χ1) is 8.82. The summed E-state index contributed by atoms with van der Waals surface area (Å²) in [5, 5.41) is 22.7. The molecule has 0 heterocycles. The molecule has 1 aromatic rings. The average molecular weight is 306 g/mol. The van der Waals surface area contributed by atoms with Crippen molar-refractivity contribution in [1.29, 1.82) is 0 Å². The number of alkyl halides is 2. The number of hydrogen-bond donors (Lipinski definition) is 2. The molecule has 1 rings (SSSR count). The third-order valence-corrected chi connectivity index (χ3v) is 2.75. The first kappa shape index (κ1) is 15.7. The largest absolute Gasteiger partial charge is 0.386 e. The zero-order valence-electron chi connectivity index (χ0n) is 9.62. The van der Waals surface area contributed by atoms with Crippen molar-refractivity contribution in [2.45, 2.75) is 17.0 Å². The number of non-ortho nitro benzene ring substituents is 1. The third-order valence-electron chi connectivity index (χ3n) is 2.35. The molecule has 0 spiro atoms. The molecule has 1 amide bonds. The van der Waals surface area contributed by atoms with Gasteiger partial charge in [-0.2, -0.15) is 0 Å². The Morgan fingerprint density at radius 2 is 1.89 bits per heavy atom. The van der Waals surface area contributed by atoms with Crippen molar-refractivity contribution in [3.63, 3.8) is 0 Å². The highest BCUT2D eigenvalue weighted by Crippen LogP contribution is 2.20. The molecule has 0 aromatic heterocycles. The minimum Gasteiger partial charge on any atom is -0.386 e. The van der Waals surface area contributed by atoms with Crippen LogP contribution in [-0.4, -0.2) is 26.8 Å². The fraction of sp³-hybridized carbons (Fsp3) is 0.273. The smallest absolute Gasteiger partial charge is 0.269 e. The number of carbonyl (C=O) groups excluding carboxylic acids is 1. The van der Waals surface area contributed by atoms with Crippen molar-refractivity contribution in [2.24, 2.45) is 0 Å². The Labute approximate surface area is 119 Å². The van der Waals surface area contributed by atoms with E-state index in [1.807, 2.05) is 0 Å². The molecule has 0 aliphatic carbocycles. The van der Waals surface area contributed by atoms with Crippen LogP contribution in [0.1, 0.15) is 11.7 Å². The van der Waals surface area contributed by atoms with Crippen LogP contribution in [0.4, 0.5) is 5.69 Å². The molecule has 0 bridgehead atoms. The highest BCUT2D eigenvalue weighted by Gasteiger charge is 2.21. The summed E-state index contributed by atoms with van der Waals surface area (Å²) < 4.78 is 0. The quantitative estimate of drug-likeness (QED) is 0.492. The summed E-state index contributed by atoms with van der Waals surface area (Å²) >= 11 is 10.7. The van der Waals surface area contributed by atoms with Gasteiger partial charge < -0.3 is 10.4 Å². The summed E-state index contributed by atoms with van der Waals surface area (Å²) in [6.45, 7) is 3.56. The predicted octanol–water partition coefficient (Wildman–Crippen LogP) is 1.75. The molecule has 0 fully saturated rings. The van der Waals surface area contributed by atoms with E-state index in [2.05, 4.69) is 12.2 Å². The lowest BCUT2D eigenvalue weighted by Gasteiger charge is -2.20. The third kappa shape index (κ3) is 4.34. The van der Waals surface area contributed by atoms with E-state index < -0.39 is 27.8 Å². The Balaban J connectivity index is 2.73. The number of carbonyl (C=O) groups is 1. The summed E-state index contributed by atoms with van der Waals surface area (Å²) in [5.41, 5.74) is 0.286. The van der Waals surface area contributed by atoms with Crippen LogP contribution in [0, 0.1) is 17.0 Å². The Bertz CT molecular complexity index is 464. The number of nitrogens with zero attached hydrogens (tertiary/aromatic N) is 1. The van der Waals surface area contributed by atoms with E-state index in [0.717, 1.165) is 0 Å². The lowest BCUT2D eigenvalue weighted by molar-refractivity contribution is -0.384. The zero-order chi connectivity index (χ0) is 14.6. The van der Waals surface area contributed by atoms with Crippen molar-refractivity contribution in [2.75, 3.05) is 0 Å². The molecule has 1 aromatic carbocycles. The summed E-state index contributed by atoms with van der Waals surface area (Å²) in [6.07, 6.45) is -1.13. The van der Waals surface area contributed by atoms with Gasteiger partial charge in [-0.25, -0.2) is 0 Å². The van der Waals surface area contributed by atoms with Crippen LogP contribution < -0.4 is 5.32 Å². The molecule has 0 saturated carbocycles. The number of nitro benzene ring substituents is 1. The lowest BCUT2D eigenvalue weighted by atomic mass is 10.0. The molecule has 2 N–H and O–H groups in total. The molecule has 1 unspecified atom stereocenters. The molecule has 103 valence electrons. The predicted molar refractivity (Wildman–Crippen MR) is 70.8 cm³/mol. The molecule has 19 heavy (non-hydrogen) atoms. The van der Waals surface area contributed by atoms with Crippen LogP contribution in [0.5, 0.6) is 0 Å². The second-order valence-corrected chi connectivity index (χ2v) is 4.81. The van der Waals surface area contributed by atoms with Gasteiger partial charge in [-0.05, 0) is 24.6 Å². The minimum absolute atomic E-state index is 0.0952. The number of aliphatic hydroxyl groups excluding tert-OH is 1. The molecule has 1 radical (unpaired) electrons. The van der Waals surface area contributed by atoms with Gasteiger partial charge in [0.2, 0.25) is 0 Å². The monoisotopic (exact) mass is 305 g/mol. The van der Waals surface area contributed by atoms with Gasteiger partial charge in [0.15, 0.2) is 4.84 Å². The number of nitrogens with one attached hydrogen (secondary N) is 1. The molecule has 6 nitrogen and oxygen atoms in total. The molecule has 0 saturated heterocycles. The topological polar surface area (TPSA) is 92.5 Å². The van der Waals surface area contributed by atoms with Crippen molar-refractivity contribution in [3.05, 3.63) is 46.9 Å². The van der Waals surface area contributed by atoms with Gasteiger partial charge in [0.05, 0.1) is 17.1 Å². The standard InChI is InChI=1S/C11H11Cl2N2O4/c1-6(14-11(17)10(12)13)9(16)7-2-4-8(5-3-7)15(18)19/h2-6,9-10,16H,1H2,(H,14,17)/t6?,9-/m1/s1. The van der Waals surface area contributed by atoms with Gasteiger partial charge in [0.1, 0.15) is 0 Å². The van der Waals surface area contributed by atoms with Crippen molar-refractivity contribution in [1.82, 2.24) is 5.32 Å². The lowest BCUT2D eigenvalue weighted by Crippen LogP contribution is -2.39. The maximum atomic E-state index is 11.2. The second-order valence-electron chi connectivity index (χ2n) is 3.71. The van der Waals surface area contributed by atoms with Gasteiger partial charge in [-0.3, -0.25) is 14.9 Å². The van der Waals surface area contributed by atoms with Gasteiger partial charge in [0.25, 0.3) is 11.6 Å². The normalized spacial score (nSPS) is 13.9. The van der Waals surface area contributed by atoms with Crippen LogP contribution in [0.3, 0.4) is 0 Å². The molecule has 0 aliphatic rings. The van der Waals surface area contributed by atoms with E-state index in [0.29, 0.717) is 5.56 Å². The summed E-state index contributed by atoms with van der Waals surface area (Å²) in [7, 11) is 0. The fourth-order valence-electron chi connectivity index (χ4n) is 1.35. The van der Waals surface area contributed by atoms with Crippen LogP contribution in [-0.2, 0) is 4.79 Å². The van der Waals surface area contributed by atoms with Gasteiger partial charge in [0, 0.05) is 12.1 Å². The summed E-state index contributed by atoms with van der Waals surface area (Å²) in [5.74, 6) is -0.677. The van der Waals surface area contributed by atoms with Crippen LogP contribution >= 0.6 is 23.2 Å². The van der Waals surface area contributed by atoms with E-state index in [9.17, 15) is 20.0 Å². The second kappa shape index (κ2) is 6.70. The van der Waals surface area contributed by atoms with E-state index in [4.69, 9.17) is 23.2 Å². The molecular weight excluding hydrogens is 295 g/mol. The van der Waals surface area contributed by atoms with Crippen molar-refractivity contribution < 1.29 is 14.8 Å². The average Bonchev–Trinajstić information content (AvgIpc) is 2.37. The molecule has 8 heteroatoms. The van der Waals surface area contributed by atoms with E-state index >= 15 is 0 Å². The molecule has 2 atom stereocenters. The first-order valence-corrected chi connectivity index (χ1v) is 6.04. The number of rotatable bonds is 5. The molecule has 0 aliphatic heterocycles. The van der Waals surface area contributed by atoms with E-state index in [1.165, 1.54) is 24.3 Å². The van der Waals surface area contributed by atoms with E-state index in [-0.39, 0.29) is 5.69 Å². The van der Waals surface area contributed by atoms with Crippen LogP contribution in [0.15, 0.2) is 24.3 Å². The molecular formula is C11H11Cl2N2O4. The highest BCUT2D eigenvalue weighted by atomic mass is 35.5. The Morgan fingerprint density at radius 3 is 2.32 bits per heavy atom. The highest BCUT2D eigenvalue weighted by molar-refractivity contribution is 6.53. The summed E-state index contributed by atoms with van der Waals surface area (Å²) in [4.78, 5) is 19.9. The number of hydrogen-bond acceptors (Lipinski definition) is 4. The minimum atomic E-state index is -1.26. The van der Waals surface area contributed by atoms with Gasteiger partial charge >= 0.3 is 0 Å². The number of benzene rings is 1. The Hall–Kier alpha value is -1.37. The zero-order valence-corrected chi connectivity index (χ0v) is 11.1. The van der Waals surface area contributed by atoms with Gasteiger partial charge in [-0.1, -0.05) is 23.2 Å². The summed E-state index contributed by atoms with van der Waals surface area (Å²) in [6, 6.07) is 4.38. The van der Waals surface area contributed by atoms with E-state index in [1.54, 1.807) is 0 Å². The van der Waals surface area contributed by atoms with Crippen LogP contribution in [0.25, 0.3) is 0 Å². The van der Waals surface area contributed by atoms with Gasteiger partial charge in [-0.15, -0.1) is 0 Å². The Morgan fingerprint density at radius 1 is 1.37 bits per heavy atom. The number of nitro groups is 1. The van der Waals surface area contributed by atoms with Crippen LogP contribution in [0.2, 0.25) is 0 Å². The van der Waals surface area contributed by atoms with Crippen molar-refractivity contribution in [3.8, 4) is 0 Å². The Kier molecular flexibility index (Phi) is 5.53. The maximum Gasteiger partial charge on any atom is 0.269 e. The maximum absolute atomic E-state index is 11.2. The number of aliphatic hydroxyl groups is 1. The number of halogens is 2.